The first-order valence-electron chi connectivity index (χ1n) is 4.34. The summed E-state index contributed by atoms with van der Waals surface area (Å²) in [5.41, 5.74) is 0.441. The van der Waals surface area contributed by atoms with Crippen molar-refractivity contribution >= 4 is 5.78 Å². The molecule has 1 aromatic rings. The van der Waals surface area contributed by atoms with E-state index in [1.807, 2.05) is 20.8 Å². The minimum Gasteiger partial charge on any atom is -0.449 e. The summed E-state index contributed by atoms with van der Waals surface area (Å²) in [6.07, 6.45) is 1.92. The molecule has 0 aliphatic heterocycles. The van der Waals surface area contributed by atoms with Gasteiger partial charge in [-0.15, -0.1) is 0 Å². The van der Waals surface area contributed by atoms with Crippen LogP contribution in [0.3, 0.4) is 0 Å². The fourth-order valence-electron chi connectivity index (χ4n) is 1.06. The summed E-state index contributed by atoms with van der Waals surface area (Å²) in [7, 11) is 0. The predicted molar refractivity (Wildman–Crippen MR) is 49.6 cm³/mol. The fourth-order valence-corrected chi connectivity index (χ4v) is 1.06. The molecule has 0 aliphatic carbocycles. The van der Waals surface area contributed by atoms with Crippen molar-refractivity contribution in [2.45, 2.75) is 34.1 Å². The smallest absolute Gasteiger partial charge is 0.191 e. The number of aromatic nitrogens is 1. The van der Waals surface area contributed by atoms with E-state index in [1.165, 1.54) is 6.26 Å². The number of Topliss-reactive ketones (excluding diaryl/α,β-unsaturated/α-hetero) is 1. The Morgan fingerprint density at radius 1 is 1.54 bits per heavy atom. The summed E-state index contributed by atoms with van der Waals surface area (Å²) in [5.74, 6) is 0.585. The maximum Gasteiger partial charge on any atom is 0.191 e. The van der Waals surface area contributed by atoms with Crippen LogP contribution in [0.4, 0.5) is 0 Å². The van der Waals surface area contributed by atoms with Crippen LogP contribution in [0.5, 0.6) is 0 Å². The van der Waals surface area contributed by atoms with Crippen molar-refractivity contribution in [3.8, 4) is 0 Å². The maximum absolute atomic E-state index is 11.6. The second kappa shape index (κ2) is 3.32. The molecule has 0 bridgehead atoms. The van der Waals surface area contributed by atoms with Crippen molar-refractivity contribution in [2.24, 2.45) is 5.41 Å². The first-order chi connectivity index (χ1) is 5.88. The van der Waals surface area contributed by atoms with Crippen molar-refractivity contribution < 1.29 is 9.21 Å². The van der Waals surface area contributed by atoms with Gasteiger partial charge in [-0.05, 0) is 5.41 Å². The largest absolute Gasteiger partial charge is 0.449 e. The average Bonchev–Trinajstić information content (AvgIpc) is 2.31. The molecule has 1 heterocycles. The summed E-state index contributed by atoms with van der Waals surface area (Å²) in [6.45, 7) is 7.81. The number of hydrogen-bond donors (Lipinski definition) is 0. The Kier molecular flexibility index (Phi) is 2.55. The van der Waals surface area contributed by atoms with Crippen LogP contribution in [0.25, 0.3) is 0 Å². The van der Waals surface area contributed by atoms with E-state index < -0.39 is 0 Å². The highest BCUT2D eigenvalue weighted by molar-refractivity contribution is 5.94. The monoisotopic (exact) mass is 181 g/mol. The molecule has 1 rings (SSSR count). The number of ketones is 1. The highest BCUT2D eigenvalue weighted by atomic mass is 16.3. The number of carbonyl (C=O) groups is 1. The molecule has 13 heavy (non-hydrogen) atoms. The van der Waals surface area contributed by atoms with E-state index in [-0.39, 0.29) is 11.2 Å². The Balaban J connectivity index is 2.70. The van der Waals surface area contributed by atoms with Gasteiger partial charge in [-0.25, -0.2) is 4.98 Å². The number of nitrogens with zero attached hydrogens (tertiary/aromatic N) is 1. The lowest BCUT2D eigenvalue weighted by molar-refractivity contribution is 0.0935. The van der Waals surface area contributed by atoms with E-state index in [9.17, 15) is 4.79 Å². The molecule has 0 atom stereocenters. The molecule has 0 unspecified atom stereocenters. The van der Waals surface area contributed by atoms with E-state index in [2.05, 4.69) is 4.98 Å². The van der Waals surface area contributed by atoms with Crippen LogP contribution >= 0.6 is 0 Å². The van der Waals surface area contributed by atoms with E-state index in [0.717, 1.165) is 0 Å². The van der Waals surface area contributed by atoms with Crippen LogP contribution in [-0.4, -0.2) is 10.8 Å². The fraction of sp³-hybridized carbons (Fsp3) is 0.600. The van der Waals surface area contributed by atoms with Gasteiger partial charge in [0.15, 0.2) is 11.7 Å². The zero-order chi connectivity index (χ0) is 10.1. The second-order valence-electron chi connectivity index (χ2n) is 4.41. The van der Waals surface area contributed by atoms with Crippen LogP contribution in [0.1, 0.15) is 43.6 Å². The van der Waals surface area contributed by atoms with Crippen molar-refractivity contribution in [1.82, 2.24) is 4.98 Å². The van der Waals surface area contributed by atoms with Gasteiger partial charge in [-0.3, -0.25) is 4.79 Å². The van der Waals surface area contributed by atoms with Gasteiger partial charge in [0.1, 0.15) is 12.0 Å². The summed E-state index contributed by atoms with van der Waals surface area (Å²) in [4.78, 5) is 15.5. The van der Waals surface area contributed by atoms with Crippen LogP contribution in [0.2, 0.25) is 0 Å². The zero-order valence-corrected chi connectivity index (χ0v) is 8.55. The third-order valence-corrected chi connectivity index (χ3v) is 1.60. The Bertz CT molecular complexity index is 307. The van der Waals surface area contributed by atoms with Crippen molar-refractivity contribution in [3.63, 3.8) is 0 Å². The first kappa shape index (κ1) is 9.96. The van der Waals surface area contributed by atoms with Gasteiger partial charge in [0.25, 0.3) is 0 Å². The summed E-state index contributed by atoms with van der Waals surface area (Å²) in [5, 5.41) is 0. The lowest BCUT2D eigenvalue weighted by Gasteiger charge is -2.15. The van der Waals surface area contributed by atoms with E-state index in [1.54, 1.807) is 6.92 Å². The molecule has 0 radical (unpaired) electrons. The van der Waals surface area contributed by atoms with Crippen molar-refractivity contribution in [3.05, 3.63) is 17.8 Å². The van der Waals surface area contributed by atoms with Crippen LogP contribution in [0.15, 0.2) is 10.7 Å². The summed E-state index contributed by atoms with van der Waals surface area (Å²) in [6, 6.07) is 0. The zero-order valence-electron chi connectivity index (χ0n) is 8.55. The lowest BCUT2D eigenvalue weighted by Crippen LogP contribution is -2.13. The molecule has 0 saturated carbocycles. The highest BCUT2D eigenvalue weighted by Gasteiger charge is 2.19. The second-order valence-corrected chi connectivity index (χ2v) is 4.41. The molecular weight excluding hydrogens is 166 g/mol. The van der Waals surface area contributed by atoms with E-state index >= 15 is 0 Å². The molecule has 0 fully saturated rings. The minimum atomic E-state index is 0.00391. The Labute approximate surface area is 78.2 Å². The van der Waals surface area contributed by atoms with Gasteiger partial charge in [0.05, 0.1) is 0 Å². The number of aryl methyl sites for hydroxylation is 1. The molecule has 0 spiro atoms. The number of hydrogen-bond acceptors (Lipinski definition) is 3. The van der Waals surface area contributed by atoms with Gasteiger partial charge in [0.2, 0.25) is 0 Å². The SMILES string of the molecule is Cc1nc(C(=O)CC(C)(C)C)co1. The summed E-state index contributed by atoms with van der Waals surface area (Å²) < 4.78 is 4.97. The van der Waals surface area contributed by atoms with Crippen LogP contribution in [-0.2, 0) is 0 Å². The normalized spacial score (nSPS) is 11.7. The third kappa shape index (κ3) is 3.01. The van der Waals surface area contributed by atoms with Gasteiger partial charge >= 0.3 is 0 Å². The molecule has 72 valence electrons. The molecule has 0 N–H and O–H groups in total. The van der Waals surface area contributed by atoms with Gasteiger partial charge in [0, 0.05) is 13.3 Å². The minimum absolute atomic E-state index is 0.00391. The Morgan fingerprint density at radius 3 is 2.54 bits per heavy atom. The quantitative estimate of drug-likeness (QED) is 0.658. The third-order valence-electron chi connectivity index (χ3n) is 1.60. The van der Waals surface area contributed by atoms with Crippen molar-refractivity contribution in [1.29, 1.82) is 0 Å². The van der Waals surface area contributed by atoms with Gasteiger partial charge < -0.3 is 4.42 Å². The Morgan fingerprint density at radius 2 is 2.15 bits per heavy atom. The standard InChI is InChI=1S/C10H15NO2/c1-7-11-8(6-13-7)9(12)5-10(2,3)4/h6H,5H2,1-4H3. The first-order valence-corrected chi connectivity index (χ1v) is 4.34. The molecule has 3 heteroatoms. The molecule has 0 saturated heterocycles. The molecule has 0 amide bonds. The summed E-state index contributed by atoms with van der Waals surface area (Å²) >= 11 is 0. The molecular formula is C10H15NO2. The van der Waals surface area contributed by atoms with Gasteiger partial charge in [-0.2, -0.15) is 0 Å². The van der Waals surface area contributed by atoms with E-state index in [0.29, 0.717) is 18.0 Å². The molecule has 3 nitrogen and oxygen atoms in total. The number of oxazole rings is 1. The number of carbonyl (C=O) groups excluding carboxylic acids is 1. The van der Waals surface area contributed by atoms with E-state index in [4.69, 9.17) is 4.42 Å². The van der Waals surface area contributed by atoms with Gasteiger partial charge in [-0.1, -0.05) is 20.8 Å². The molecule has 0 aromatic carbocycles. The lowest BCUT2D eigenvalue weighted by atomic mass is 9.89. The van der Waals surface area contributed by atoms with Crippen molar-refractivity contribution in [2.75, 3.05) is 0 Å². The average molecular weight is 181 g/mol. The Hall–Kier alpha value is -1.12. The number of rotatable bonds is 2. The van der Waals surface area contributed by atoms with Crippen LogP contribution < -0.4 is 0 Å². The maximum atomic E-state index is 11.6. The highest BCUT2D eigenvalue weighted by Crippen LogP contribution is 2.21. The molecule has 0 aliphatic rings. The topological polar surface area (TPSA) is 43.1 Å². The van der Waals surface area contributed by atoms with Crippen LogP contribution in [0, 0.1) is 12.3 Å². The molecule has 1 aromatic heterocycles. The predicted octanol–water partition coefficient (Wildman–Crippen LogP) is 2.60.